The number of carbonyl (C=O) groups excluding carboxylic acids is 11. The lowest BCUT2D eigenvalue weighted by Crippen LogP contribution is -2.60. The number of ether oxygens (including phenoxy) is 1. The quantitative estimate of drug-likeness (QED) is 0.0576. The molecular formula is C56H74N12O13. The molecule has 0 aromatic heterocycles. The number of amides is 11. The Hall–Kier alpha value is -8.87. The van der Waals surface area contributed by atoms with E-state index in [9.17, 15) is 48.3 Å². The van der Waals surface area contributed by atoms with Crippen LogP contribution in [0, 0.1) is 0 Å². The number of hydrogen-bond donors (Lipinski definition) is 9. The van der Waals surface area contributed by atoms with Crippen LogP contribution in [-0.2, 0) is 71.9 Å². The number of rotatable bonds is 16. The van der Waals surface area contributed by atoms with E-state index in [4.69, 9.17) is 10.5 Å². The second-order valence-corrected chi connectivity index (χ2v) is 19.8. The number of primary amides is 1. The van der Waals surface area contributed by atoms with E-state index in [1.165, 1.54) is 54.1 Å². The molecule has 10 N–H and O–H groups in total. The van der Waals surface area contributed by atoms with Gasteiger partial charge in [-0.2, -0.15) is 0 Å². The van der Waals surface area contributed by atoms with Gasteiger partial charge in [-0.3, -0.25) is 47.9 Å². The van der Waals surface area contributed by atoms with Crippen molar-refractivity contribution in [2.75, 3.05) is 73.6 Å². The lowest BCUT2D eigenvalue weighted by atomic mass is 10.00. The van der Waals surface area contributed by atoms with E-state index in [1.807, 2.05) is 0 Å². The number of nitrogens with zero attached hydrogens (tertiary/aromatic N) is 4. The number of benzene rings is 3. The molecule has 3 aromatic rings. The molecule has 0 saturated carbocycles. The minimum Gasteiger partial charge on any atom is -0.508 e. The van der Waals surface area contributed by atoms with E-state index in [0.717, 1.165) is 4.90 Å². The smallest absolute Gasteiger partial charge is 0.407 e. The maximum atomic E-state index is 15.0. The number of nitrogens with one attached hydrogen (secondary N) is 7. The Labute approximate surface area is 470 Å². The normalized spacial score (nSPS) is 21.6. The summed E-state index contributed by atoms with van der Waals surface area (Å²) in [7, 11) is 4.14. The first-order valence-electron chi connectivity index (χ1n) is 26.6. The third kappa shape index (κ3) is 19.8. The highest BCUT2D eigenvalue weighted by atomic mass is 16.5. The summed E-state index contributed by atoms with van der Waals surface area (Å²) in [5.41, 5.74) is 7.10. The number of unbranched alkanes of at least 4 members (excludes halogenated alkanes) is 1. The van der Waals surface area contributed by atoms with Crippen LogP contribution in [0.25, 0.3) is 0 Å². The zero-order valence-corrected chi connectivity index (χ0v) is 45.9. The fraction of sp³-hybridized carbons (Fsp3) is 0.446. The Morgan fingerprint density at radius 2 is 1.30 bits per heavy atom. The average molecular weight is 1120 g/mol. The van der Waals surface area contributed by atoms with Crippen molar-refractivity contribution >= 4 is 65.2 Å². The molecule has 81 heavy (non-hydrogen) atoms. The van der Waals surface area contributed by atoms with Gasteiger partial charge in [0.25, 0.3) is 0 Å². The summed E-state index contributed by atoms with van der Waals surface area (Å²) in [6.45, 7) is 1.00. The molecule has 0 radical (unpaired) electrons. The summed E-state index contributed by atoms with van der Waals surface area (Å²) >= 11 is 0. The van der Waals surface area contributed by atoms with Crippen molar-refractivity contribution in [2.24, 2.45) is 5.73 Å². The highest BCUT2D eigenvalue weighted by Gasteiger charge is 2.42. The Bertz CT molecular complexity index is 2700. The molecule has 436 valence electrons. The molecule has 2 heterocycles. The minimum absolute atomic E-state index is 0.00450. The van der Waals surface area contributed by atoms with Gasteiger partial charge in [0.15, 0.2) is 0 Å². The fourth-order valence-electron chi connectivity index (χ4n) is 9.30. The molecule has 2 saturated heterocycles. The Balaban J connectivity index is 1.53. The third-order valence-corrected chi connectivity index (χ3v) is 13.7. The SMILES string of the molecule is C=CCOC(=O)NCCCC[C@@H]1NC(=O)CNC(=O)CNC[C@@H](C(=O)NCC(N)=O)NC(=O)[C@@H]2CCCN2C(=O)[C@H](Cc2ccccc2)N(C)C(=O)[C@H](Cc2ccc(O)cc2)NC(=O)CN(C)C(=O)[C@H](Cc2ccccc2)N(C)C1=O. The van der Waals surface area contributed by atoms with Crippen LogP contribution in [0.1, 0.15) is 48.8 Å². The summed E-state index contributed by atoms with van der Waals surface area (Å²) in [5, 5.41) is 28.3. The van der Waals surface area contributed by atoms with Gasteiger partial charge in [0.1, 0.15) is 48.6 Å². The van der Waals surface area contributed by atoms with Crippen molar-refractivity contribution < 1.29 is 62.6 Å². The topological polar surface area (TPSA) is 340 Å². The third-order valence-electron chi connectivity index (χ3n) is 13.7. The first-order chi connectivity index (χ1) is 38.8. The van der Waals surface area contributed by atoms with E-state index >= 15 is 9.59 Å². The number of fused-ring (bicyclic) bond motifs is 1. The molecule has 5 rings (SSSR count). The number of nitrogens with two attached hydrogens (primary N) is 1. The van der Waals surface area contributed by atoms with Crippen molar-refractivity contribution in [1.82, 2.24) is 56.8 Å². The Morgan fingerprint density at radius 1 is 0.704 bits per heavy atom. The van der Waals surface area contributed by atoms with Crippen molar-refractivity contribution in [2.45, 2.75) is 87.6 Å². The summed E-state index contributed by atoms with van der Waals surface area (Å²) in [6, 6.07) is 15.7. The summed E-state index contributed by atoms with van der Waals surface area (Å²) in [4.78, 5) is 157. The fourth-order valence-corrected chi connectivity index (χ4v) is 9.30. The molecule has 0 bridgehead atoms. The van der Waals surface area contributed by atoms with Crippen LogP contribution >= 0.6 is 0 Å². The predicted octanol–water partition coefficient (Wildman–Crippen LogP) is -1.62. The van der Waals surface area contributed by atoms with E-state index in [2.05, 4.69) is 43.8 Å². The molecule has 6 atom stereocenters. The van der Waals surface area contributed by atoms with Crippen molar-refractivity contribution in [3.05, 3.63) is 114 Å². The maximum absolute atomic E-state index is 15.0. The number of phenolic OH excluding ortho intramolecular Hbond substituents is 1. The highest BCUT2D eigenvalue weighted by molar-refractivity contribution is 5.98. The van der Waals surface area contributed by atoms with Gasteiger partial charge in [-0.25, -0.2) is 4.79 Å². The molecule has 2 aliphatic heterocycles. The van der Waals surface area contributed by atoms with Crippen LogP contribution in [0.4, 0.5) is 4.79 Å². The van der Waals surface area contributed by atoms with Crippen LogP contribution in [0.2, 0.25) is 0 Å². The zero-order valence-electron chi connectivity index (χ0n) is 45.9. The number of carbonyl (C=O) groups is 11. The first kappa shape index (κ1) is 63.0. The molecule has 2 fully saturated rings. The molecular weight excluding hydrogens is 1050 g/mol. The molecule has 0 spiro atoms. The summed E-state index contributed by atoms with van der Waals surface area (Å²) < 4.78 is 4.95. The van der Waals surface area contributed by atoms with Gasteiger partial charge in [0, 0.05) is 60.0 Å². The molecule has 3 aromatic carbocycles. The van der Waals surface area contributed by atoms with Gasteiger partial charge in [-0.15, -0.1) is 0 Å². The molecule has 0 unspecified atom stereocenters. The number of alkyl carbamates (subject to hydrolysis) is 1. The van der Waals surface area contributed by atoms with Gasteiger partial charge in [0.05, 0.1) is 26.2 Å². The van der Waals surface area contributed by atoms with Crippen molar-refractivity contribution in [3.63, 3.8) is 0 Å². The summed E-state index contributed by atoms with van der Waals surface area (Å²) in [6.07, 6.45) is 1.63. The lowest BCUT2D eigenvalue weighted by molar-refractivity contribution is -0.149. The first-order valence-corrected chi connectivity index (χ1v) is 26.6. The summed E-state index contributed by atoms with van der Waals surface area (Å²) in [5.74, 6) is -7.60. The largest absolute Gasteiger partial charge is 0.508 e. The van der Waals surface area contributed by atoms with Gasteiger partial charge in [-0.05, 0) is 60.9 Å². The van der Waals surface area contributed by atoms with E-state index in [0.29, 0.717) is 29.5 Å². The van der Waals surface area contributed by atoms with Crippen LogP contribution < -0.4 is 43.0 Å². The van der Waals surface area contributed by atoms with Gasteiger partial charge >= 0.3 is 6.09 Å². The monoisotopic (exact) mass is 1120 g/mol. The van der Waals surface area contributed by atoms with Gasteiger partial charge < -0.3 is 72.4 Å². The molecule has 11 amide bonds. The molecule has 25 nitrogen and oxygen atoms in total. The molecule has 0 aliphatic carbocycles. The second kappa shape index (κ2) is 31.7. The average Bonchev–Trinajstić information content (AvgIpc) is 3.97. The second-order valence-electron chi connectivity index (χ2n) is 19.8. The Kier molecular flexibility index (Phi) is 24.6. The number of likely N-dealkylation sites (N-methyl/N-ethyl adjacent to an activating group) is 3. The van der Waals surface area contributed by atoms with Gasteiger partial charge in [0.2, 0.25) is 59.1 Å². The standard InChI is InChI=1S/C56H74N12O13/c1-5-27-81-56(80)59-25-13-12-19-40-52(76)66(3)44(29-36-15-8-6-9-16-36)54(78)65(2)35-49(73)63-41(28-38-21-23-39(69)24-22-38)53(77)67(4)45(30-37-17-10-7-11-18-37)55(79)68-26-14-20-43(68)51(75)64-42(50(74)61-32-46(57)70)31-58-33-47(71)60-34-48(72)62-40/h5-11,15-18,21-24,40-45,58,69H,1,12-14,19-20,25-35H2,2-4H3,(H2,57,70)(H,59,80)(H,60,71)(H,61,74)(H,62,72)(H,63,73)(H,64,75)/t40-,41-,42-,43-,44-,45-/m0/s1. The van der Waals surface area contributed by atoms with E-state index in [-0.39, 0.29) is 70.5 Å². The van der Waals surface area contributed by atoms with E-state index < -0.39 is 128 Å². The van der Waals surface area contributed by atoms with Crippen molar-refractivity contribution in [3.8, 4) is 5.75 Å². The van der Waals surface area contributed by atoms with E-state index in [1.54, 1.807) is 72.8 Å². The number of phenols is 1. The van der Waals surface area contributed by atoms with Crippen LogP contribution in [0.5, 0.6) is 5.75 Å². The lowest BCUT2D eigenvalue weighted by Gasteiger charge is -2.35. The van der Waals surface area contributed by atoms with Crippen molar-refractivity contribution in [1.29, 1.82) is 0 Å². The maximum Gasteiger partial charge on any atom is 0.407 e. The van der Waals surface area contributed by atoms with Crippen LogP contribution in [0.3, 0.4) is 0 Å². The highest BCUT2D eigenvalue weighted by Crippen LogP contribution is 2.23. The van der Waals surface area contributed by atoms with Crippen LogP contribution in [-0.4, -0.2) is 200 Å². The minimum atomic E-state index is -1.44. The molecule has 2 aliphatic rings. The van der Waals surface area contributed by atoms with Gasteiger partial charge in [-0.1, -0.05) is 85.5 Å². The Morgan fingerprint density at radius 3 is 1.91 bits per heavy atom. The number of hydrogen-bond acceptors (Lipinski definition) is 14. The zero-order chi connectivity index (χ0) is 59.0. The number of aromatic hydroxyl groups is 1. The van der Waals surface area contributed by atoms with Crippen LogP contribution in [0.15, 0.2) is 97.6 Å². The predicted molar refractivity (Wildman–Crippen MR) is 295 cm³/mol. The molecule has 25 heteroatoms.